The molecule has 0 radical (unpaired) electrons. The largest absolute Gasteiger partial charge is 0.446 e. The molecule has 1 aliphatic heterocycles. The summed E-state index contributed by atoms with van der Waals surface area (Å²) < 4.78 is 33.8. The van der Waals surface area contributed by atoms with Crippen LogP contribution < -0.4 is 15.4 Å². The van der Waals surface area contributed by atoms with E-state index in [9.17, 15) is 8.42 Å². The molecule has 2 aromatic carbocycles. The van der Waals surface area contributed by atoms with Crippen LogP contribution in [0, 0.1) is 0 Å². The molecule has 0 spiro atoms. The Labute approximate surface area is 172 Å². The van der Waals surface area contributed by atoms with E-state index in [4.69, 9.17) is 10.2 Å². The van der Waals surface area contributed by atoms with Crippen molar-refractivity contribution in [2.75, 3.05) is 9.62 Å². The number of anilines is 2. The molecule has 0 bridgehead atoms. The van der Waals surface area contributed by atoms with Crippen LogP contribution in [0.1, 0.15) is 11.7 Å². The molecule has 4 aromatic rings. The summed E-state index contributed by atoms with van der Waals surface area (Å²) >= 11 is 0. The highest BCUT2D eigenvalue weighted by molar-refractivity contribution is 7.93. The maximum absolute atomic E-state index is 12.9. The number of pyridine rings is 1. The van der Waals surface area contributed by atoms with Crippen molar-refractivity contribution in [2.24, 2.45) is 10.7 Å². The second kappa shape index (κ2) is 6.97. The SMILES string of the molecule is NC1c2ccoc2N=CN1c1ccc(NS(=O)(=O)c2cccc3cccnc23)cc1. The number of aromatic nitrogens is 1. The number of nitrogens with zero attached hydrogens (tertiary/aromatic N) is 3. The van der Waals surface area contributed by atoms with Gasteiger partial charge in [-0.3, -0.25) is 9.71 Å². The molecule has 0 aliphatic carbocycles. The Morgan fingerprint density at radius 3 is 2.67 bits per heavy atom. The van der Waals surface area contributed by atoms with Gasteiger partial charge in [0.2, 0.25) is 5.88 Å². The number of aliphatic imine (C=N–C) groups is 1. The van der Waals surface area contributed by atoms with Gasteiger partial charge in [-0.25, -0.2) is 13.4 Å². The monoisotopic (exact) mass is 419 g/mol. The van der Waals surface area contributed by atoms with Crippen LogP contribution in [0.25, 0.3) is 10.9 Å². The summed E-state index contributed by atoms with van der Waals surface area (Å²) in [6, 6.07) is 17.3. The molecule has 30 heavy (non-hydrogen) atoms. The molecule has 1 unspecified atom stereocenters. The van der Waals surface area contributed by atoms with E-state index in [2.05, 4.69) is 14.7 Å². The Bertz CT molecular complexity index is 1360. The summed E-state index contributed by atoms with van der Waals surface area (Å²) in [5.41, 5.74) is 8.70. The Hall–Kier alpha value is -3.69. The summed E-state index contributed by atoms with van der Waals surface area (Å²) in [4.78, 5) is 10.4. The Morgan fingerprint density at radius 1 is 1.03 bits per heavy atom. The van der Waals surface area contributed by atoms with E-state index in [1.807, 2.05) is 12.1 Å². The molecular weight excluding hydrogens is 402 g/mol. The van der Waals surface area contributed by atoms with Crippen LogP contribution >= 0.6 is 0 Å². The van der Waals surface area contributed by atoms with Gasteiger partial charge in [-0.2, -0.15) is 0 Å². The number of rotatable bonds is 4. The lowest BCUT2D eigenvalue weighted by Crippen LogP contribution is -2.35. The van der Waals surface area contributed by atoms with E-state index >= 15 is 0 Å². The smallest absolute Gasteiger partial charge is 0.264 e. The molecular formula is C21H17N5O3S. The van der Waals surface area contributed by atoms with E-state index < -0.39 is 16.2 Å². The number of nitrogens with one attached hydrogen (secondary N) is 1. The number of nitrogens with two attached hydrogens (primary N) is 1. The fraction of sp³-hybridized carbons (Fsp3) is 0.0476. The van der Waals surface area contributed by atoms with Gasteiger partial charge >= 0.3 is 0 Å². The quantitative estimate of drug-likeness (QED) is 0.521. The lowest BCUT2D eigenvalue weighted by Gasteiger charge is -2.29. The number of para-hydroxylation sites is 1. The van der Waals surface area contributed by atoms with Crippen molar-refractivity contribution in [3.63, 3.8) is 0 Å². The molecule has 0 saturated heterocycles. The lowest BCUT2D eigenvalue weighted by molar-refractivity contribution is 0.567. The Kier molecular flexibility index (Phi) is 4.27. The molecule has 1 aliphatic rings. The van der Waals surface area contributed by atoms with Gasteiger partial charge in [0.25, 0.3) is 10.0 Å². The maximum atomic E-state index is 12.9. The molecule has 150 valence electrons. The molecule has 8 nitrogen and oxygen atoms in total. The Morgan fingerprint density at radius 2 is 1.83 bits per heavy atom. The van der Waals surface area contributed by atoms with Crippen molar-refractivity contribution in [3.05, 3.63) is 78.7 Å². The van der Waals surface area contributed by atoms with Gasteiger partial charge in [0.05, 0.1) is 17.3 Å². The van der Waals surface area contributed by atoms with Crippen molar-refractivity contribution < 1.29 is 12.8 Å². The van der Waals surface area contributed by atoms with Crippen LogP contribution in [0.2, 0.25) is 0 Å². The van der Waals surface area contributed by atoms with Crippen LogP contribution in [0.4, 0.5) is 17.3 Å². The molecule has 1 atom stereocenters. The van der Waals surface area contributed by atoms with Crippen LogP contribution in [-0.4, -0.2) is 19.7 Å². The number of sulfonamides is 1. The highest BCUT2D eigenvalue weighted by atomic mass is 32.2. The summed E-state index contributed by atoms with van der Waals surface area (Å²) in [5, 5.41) is 0.757. The first-order valence-electron chi connectivity index (χ1n) is 9.15. The van der Waals surface area contributed by atoms with Crippen LogP contribution in [0.15, 0.2) is 87.4 Å². The first-order valence-corrected chi connectivity index (χ1v) is 10.6. The minimum Gasteiger partial charge on any atom is -0.446 e. The minimum atomic E-state index is -3.81. The van der Waals surface area contributed by atoms with Crippen molar-refractivity contribution in [3.8, 4) is 0 Å². The fourth-order valence-electron chi connectivity index (χ4n) is 3.41. The summed E-state index contributed by atoms with van der Waals surface area (Å²) in [7, 11) is -3.81. The van der Waals surface area contributed by atoms with E-state index in [0.717, 1.165) is 16.6 Å². The second-order valence-electron chi connectivity index (χ2n) is 6.76. The molecule has 0 amide bonds. The topological polar surface area (TPSA) is 114 Å². The summed E-state index contributed by atoms with van der Waals surface area (Å²) in [5.74, 6) is 0.492. The zero-order valence-corrected chi connectivity index (χ0v) is 16.5. The highest BCUT2D eigenvalue weighted by Crippen LogP contribution is 2.34. The first-order chi connectivity index (χ1) is 14.5. The fourth-order valence-corrected chi connectivity index (χ4v) is 4.65. The van der Waals surface area contributed by atoms with Gasteiger partial charge in [-0.15, -0.1) is 0 Å². The zero-order chi connectivity index (χ0) is 20.7. The van der Waals surface area contributed by atoms with Gasteiger partial charge in [0, 0.05) is 23.0 Å². The van der Waals surface area contributed by atoms with Gasteiger partial charge in [-0.1, -0.05) is 18.2 Å². The first kappa shape index (κ1) is 18.3. The van der Waals surface area contributed by atoms with Crippen molar-refractivity contribution in [2.45, 2.75) is 11.1 Å². The second-order valence-corrected chi connectivity index (χ2v) is 8.41. The van der Waals surface area contributed by atoms with Gasteiger partial charge in [0.1, 0.15) is 17.4 Å². The number of fused-ring (bicyclic) bond motifs is 2. The third-order valence-electron chi connectivity index (χ3n) is 4.89. The molecule has 5 rings (SSSR count). The molecule has 0 saturated carbocycles. The summed E-state index contributed by atoms with van der Waals surface area (Å²) in [6.07, 6.45) is 4.27. The lowest BCUT2D eigenvalue weighted by atomic mass is 10.2. The molecule has 0 fully saturated rings. The minimum absolute atomic E-state index is 0.127. The number of furan rings is 1. The normalized spacial score (nSPS) is 15.9. The van der Waals surface area contributed by atoms with Crippen LogP contribution in [0.3, 0.4) is 0 Å². The predicted octanol–water partition coefficient (Wildman–Crippen LogP) is 3.77. The number of benzene rings is 2. The average molecular weight is 419 g/mol. The third kappa shape index (κ3) is 3.10. The van der Waals surface area contributed by atoms with E-state index in [1.54, 1.807) is 66.2 Å². The van der Waals surface area contributed by atoms with Crippen LogP contribution in [0.5, 0.6) is 0 Å². The standard InChI is InChI=1S/C21H17N5O3S/c22-20-17-10-12-29-21(17)24-13-26(20)16-8-6-15(7-9-16)25-30(27,28)18-5-1-3-14-4-2-11-23-19(14)18/h1-13,20,25H,22H2. The maximum Gasteiger partial charge on any atom is 0.264 e. The number of hydrogen-bond acceptors (Lipinski definition) is 7. The number of hydrogen-bond donors (Lipinski definition) is 2. The average Bonchev–Trinajstić information content (AvgIpc) is 3.24. The predicted molar refractivity (Wildman–Crippen MR) is 115 cm³/mol. The van der Waals surface area contributed by atoms with E-state index in [-0.39, 0.29) is 4.90 Å². The van der Waals surface area contributed by atoms with E-state index in [0.29, 0.717) is 17.1 Å². The van der Waals surface area contributed by atoms with Crippen molar-refractivity contribution in [1.82, 2.24) is 4.98 Å². The van der Waals surface area contributed by atoms with Gasteiger partial charge in [-0.05, 0) is 42.5 Å². The molecule has 3 N–H and O–H groups in total. The molecule has 9 heteroatoms. The molecule has 2 aromatic heterocycles. The molecule has 3 heterocycles. The van der Waals surface area contributed by atoms with Crippen LogP contribution in [-0.2, 0) is 10.0 Å². The van der Waals surface area contributed by atoms with Gasteiger partial charge in [0.15, 0.2) is 0 Å². The third-order valence-corrected chi connectivity index (χ3v) is 6.31. The highest BCUT2D eigenvalue weighted by Gasteiger charge is 2.24. The van der Waals surface area contributed by atoms with Crippen molar-refractivity contribution in [1.29, 1.82) is 0 Å². The Balaban J connectivity index is 1.41. The van der Waals surface area contributed by atoms with Gasteiger partial charge < -0.3 is 15.1 Å². The van der Waals surface area contributed by atoms with E-state index in [1.165, 1.54) is 6.07 Å². The summed E-state index contributed by atoms with van der Waals surface area (Å²) in [6.45, 7) is 0. The zero-order valence-electron chi connectivity index (χ0n) is 15.6. The van der Waals surface area contributed by atoms with Crippen molar-refractivity contribution >= 4 is 44.5 Å².